The molecule has 0 radical (unpaired) electrons. The number of morpholine rings is 1. The highest BCUT2D eigenvalue weighted by molar-refractivity contribution is 5.85. The number of carbonyl (C=O) groups excluding carboxylic acids is 1. The highest BCUT2D eigenvalue weighted by Crippen LogP contribution is 2.26. The first-order chi connectivity index (χ1) is 16.6. The zero-order valence-electron chi connectivity index (χ0n) is 19.1. The lowest BCUT2D eigenvalue weighted by Crippen LogP contribution is -2.49. The number of hydrogen-bond donors (Lipinski definition) is 2. The second-order valence-corrected chi connectivity index (χ2v) is 8.49. The number of anilines is 1. The van der Waals surface area contributed by atoms with Gasteiger partial charge in [-0.3, -0.25) is 14.8 Å². The van der Waals surface area contributed by atoms with E-state index in [2.05, 4.69) is 43.9 Å². The second-order valence-electron chi connectivity index (χ2n) is 8.49. The molecule has 0 aromatic carbocycles. The van der Waals surface area contributed by atoms with Crippen LogP contribution in [0, 0.1) is 11.8 Å². The molecule has 2 aliphatic rings. The minimum absolute atomic E-state index is 0.208. The van der Waals surface area contributed by atoms with Crippen LogP contribution in [0.15, 0.2) is 24.5 Å². The standard InChI is InChI=1S/C23H28N8O3/c1-17-16-34-12-11-30(17)21-13-18(3-2-6-28-7-9-29(10-8-28)22(33)15-32)19-14-25-31(23(19)26-21)20-4-5-24-27-20/h4-5,13-14,17,32H,6-12,15-16H2,1H3,(H,24,27)/t17-/m1/s1. The number of fused-ring (bicyclic) bond motifs is 1. The van der Waals surface area contributed by atoms with Crippen molar-refractivity contribution in [3.8, 4) is 17.7 Å². The minimum Gasteiger partial charge on any atom is -0.387 e. The lowest BCUT2D eigenvalue weighted by Gasteiger charge is -2.34. The summed E-state index contributed by atoms with van der Waals surface area (Å²) in [6.45, 7) is 7.06. The van der Waals surface area contributed by atoms with Gasteiger partial charge >= 0.3 is 0 Å². The van der Waals surface area contributed by atoms with E-state index in [-0.39, 0.29) is 11.9 Å². The predicted molar refractivity (Wildman–Crippen MR) is 126 cm³/mol. The average Bonchev–Trinajstić information content (AvgIpc) is 3.54. The Labute approximate surface area is 197 Å². The van der Waals surface area contributed by atoms with Gasteiger partial charge in [0.25, 0.3) is 0 Å². The molecule has 178 valence electrons. The summed E-state index contributed by atoms with van der Waals surface area (Å²) in [5, 5.41) is 21.5. The number of aliphatic hydroxyl groups is 1. The lowest BCUT2D eigenvalue weighted by molar-refractivity contribution is -0.135. The molecule has 0 bridgehead atoms. The van der Waals surface area contributed by atoms with Crippen molar-refractivity contribution in [2.75, 3.05) is 64.0 Å². The Balaban J connectivity index is 1.42. The van der Waals surface area contributed by atoms with Gasteiger partial charge in [-0.25, -0.2) is 4.98 Å². The first-order valence-corrected chi connectivity index (χ1v) is 11.5. The van der Waals surface area contributed by atoms with Crippen LogP contribution in [0.5, 0.6) is 0 Å². The summed E-state index contributed by atoms with van der Waals surface area (Å²) in [5.74, 6) is 7.94. The summed E-state index contributed by atoms with van der Waals surface area (Å²) in [5.41, 5.74) is 1.58. The molecule has 0 saturated carbocycles. The van der Waals surface area contributed by atoms with Crippen molar-refractivity contribution in [1.82, 2.24) is 34.8 Å². The van der Waals surface area contributed by atoms with Gasteiger partial charge in [-0.15, -0.1) is 0 Å². The van der Waals surface area contributed by atoms with E-state index >= 15 is 0 Å². The molecule has 5 rings (SSSR count). The van der Waals surface area contributed by atoms with Crippen molar-refractivity contribution in [3.05, 3.63) is 30.1 Å². The number of aliphatic hydroxyl groups excluding tert-OH is 1. The number of carbonyl (C=O) groups is 1. The third-order valence-corrected chi connectivity index (χ3v) is 6.28. The van der Waals surface area contributed by atoms with Crippen LogP contribution in [0.4, 0.5) is 5.82 Å². The Morgan fingerprint density at radius 3 is 2.85 bits per heavy atom. The van der Waals surface area contributed by atoms with Gasteiger partial charge in [-0.05, 0) is 13.0 Å². The molecule has 0 spiro atoms. The smallest absolute Gasteiger partial charge is 0.248 e. The molecule has 2 fully saturated rings. The first kappa shape index (κ1) is 22.3. The van der Waals surface area contributed by atoms with Crippen molar-refractivity contribution >= 4 is 22.8 Å². The molecule has 3 aromatic heterocycles. The summed E-state index contributed by atoms with van der Waals surface area (Å²) in [6.07, 6.45) is 3.54. The zero-order chi connectivity index (χ0) is 23.5. The Hall–Kier alpha value is -3.46. The van der Waals surface area contributed by atoms with Gasteiger partial charge in [-0.2, -0.15) is 14.9 Å². The molecule has 1 amide bonds. The molecule has 2 saturated heterocycles. The topological polar surface area (TPSA) is 116 Å². The van der Waals surface area contributed by atoms with Crippen LogP contribution in [0.2, 0.25) is 0 Å². The van der Waals surface area contributed by atoms with Crippen molar-refractivity contribution < 1.29 is 14.6 Å². The molecule has 34 heavy (non-hydrogen) atoms. The molecule has 11 nitrogen and oxygen atoms in total. The van der Waals surface area contributed by atoms with Crippen molar-refractivity contribution in [2.24, 2.45) is 0 Å². The van der Waals surface area contributed by atoms with Crippen LogP contribution in [-0.2, 0) is 9.53 Å². The van der Waals surface area contributed by atoms with Crippen LogP contribution in [-0.4, -0.2) is 111 Å². The third kappa shape index (κ3) is 4.48. The molecule has 5 heterocycles. The summed E-state index contributed by atoms with van der Waals surface area (Å²) in [6, 6.07) is 4.09. The molecule has 0 aliphatic carbocycles. The predicted octanol–water partition coefficient (Wildman–Crippen LogP) is -0.143. The number of H-pyrrole nitrogens is 1. The number of aromatic nitrogens is 5. The van der Waals surface area contributed by atoms with Gasteiger partial charge < -0.3 is 19.6 Å². The van der Waals surface area contributed by atoms with Crippen LogP contribution in [0.1, 0.15) is 12.5 Å². The number of ether oxygens (including phenoxy) is 1. The third-order valence-electron chi connectivity index (χ3n) is 6.28. The van der Waals surface area contributed by atoms with E-state index in [1.165, 1.54) is 0 Å². The van der Waals surface area contributed by atoms with E-state index in [9.17, 15) is 4.79 Å². The maximum Gasteiger partial charge on any atom is 0.248 e. The zero-order valence-corrected chi connectivity index (χ0v) is 19.1. The van der Waals surface area contributed by atoms with Gasteiger partial charge in [0.05, 0.1) is 37.4 Å². The number of nitrogens with zero attached hydrogens (tertiary/aromatic N) is 7. The number of piperazine rings is 1. The van der Waals surface area contributed by atoms with Crippen molar-refractivity contribution in [3.63, 3.8) is 0 Å². The Kier molecular flexibility index (Phi) is 6.44. The average molecular weight is 465 g/mol. The Morgan fingerprint density at radius 2 is 2.12 bits per heavy atom. The lowest BCUT2D eigenvalue weighted by atomic mass is 10.1. The fourth-order valence-electron chi connectivity index (χ4n) is 4.35. The van der Waals surface area contributed by atoms with E-state index < -0.39 is 6.61 Å². The summed E-state index contributed by atoms with van der Waals surface area (Å²) < 4.78 is 7.33. The maximum atomic E-state index is 11.7. The van der Waals surface area contributed by atoms with Crippen molar-refractivity contribution in [2.45, 2.75) is 13.0 Å². The van der Waals surface area contributed by atoms with Crippen LogP contribution in [0.3, 0.4) is 0 Å². The van der Waals surface area contributed by atoms with E-state index in [0.29, 0.717) is 44.3 Å². The molecule has 2 aliphatic heterocycles. The van der Waals surface area contributed by atoms with Crippen molar-refractivity contribution in [1.29, 1.82) is 0 Å². The van der Waals surface area contributed by atoms with Gasteiger partial charge in [0.2, 0.25) is 5.91 Å². The number of aromatic amines is 1. The Morgan fingerprint density at radius 1 is 1.26 bits per heavy atom. The largest absolute Gasteiger partial charge is 0.387 e. The molecule has 11 heteroatoms. The number of hydrogen-bond acceptors (Lipinski definition) is 8. The monoisotopic (exact) mass is 464 g/mol. The maximum absolute atomic E-state index is 11.7. The summed E-state index contributed by atoms with van der Waals surface area (Å²) >= 11 is 0. The number of nitrogens with one attached hydrogen (secondary N) is 1. The van der Waals surface area contributed by atoms with Gasteiger partial charge in [-0.1, -0.05) is 11.8 Å². The molecule has 3 aromatic rings. The van der Waals surface area contributed by atoms with Crippen LogP contribution < -0.4 is 4.90 Å². The number of rotatable bonds is 4. The highest BCUT2D eigenvalue weighted by Gasteiger charge is 2.23. The summed E-state index contributed by atoms with van der Waals surface area (Å²) in [4.78, 5) is 22.8. The molecule has 2 N–H and O–H groups in total. The van der Waals surface area contributed by atoms with Gasteiger partial charge in [0, 0.05) is 50.6 Å². The molecule has 0 unspecified atom stereocenters. The SMILES string of the molecule is C[C@@H]1COCCN1c1cc(C#CCN2CCN(C(=O)CO)CC2)c2cnn(-c3cc[nH]n3)c2n1. The number of pyridine rings is 1. The molecular weight excluding hydrogens is 436 g/mol. The van der Waals surface area contributed by atoms with Gasteiger partial charge in [0.15, 0.2) is 11.5 Å². The van der Waals surface area contributed by atoms with E-state index in [1.54, 1.807) is 22.0 Å². The van der Waals surface area contributed by atoms with E-state index in [0.717, 1.165) is 36.4 Å². The quantitative estimate of drug-likeness (QED) is 0.513. The normalized spacial score (nSPS) is 19.3. The summed E-state index contributed by atoms with van der Waals surface area (Å²) in [7, 11) is 0. The number of amides is 1. The van der Waals surface area contributed by atoms with E-state index in [4.69, 9.17) is 14.8 Å². The fraction of sp³-hybridized carbons (Fsp3) is 0.478. The minimum atomic E-state index is -0.437. The highest BCUT2D eigenvalue weighted by atomic mass is 16.5. The van der Waals surface area contributed by atoms with Gasteiger partial charge in [0.1, 0.15) is 12.4 Å². The van der Waals surface area contributed by atoms with Crippen LogP contribution >= 0.6 is 0 Å². The first-order valence-electron chi connectivity index (χ1n) is 11.5. The Bertz CT molecular complexity index is 1200. The second kappa shape index (κ2) is 9.80. The molecule has 1 atom stereocenters. The van der Waals surface area contributed by atoms with E-state index in [1.807, 2.05) is 12.1 Å². The molecular formula is C23H28N8O3. The van der Waals surface area contributed by atoms with Crippen LogP contribution in [0.25, 0.3) is 16.9 Å². The fourth-order valence-corrected chi connectivity index (χ4v) is 4.35.